The van der Waals surface area contributed by atoms with Crippen molar-refractivity contribution >= 4 is 0 Å². The summed E-state index contributed by atoms with van der Waals surface area (Å²) in [5.74, 6) is 4.66. The molecule has 0 aromatic carbocycles. The lowest BCUT2D eigenvalue weighted by Crippen LogP contribution is -2.20. The summed E-state index contributed by atoms with van der Waals surface area (Å²) in [6.45, 7) is 8.86. The maximum Gasteiger partial charge on any atom is -0.00489 e. The summed E-state index contributed by atoms with van der Waals surface area (Å²) >= 11 is 0. The first-order valence-corrected chi connectivity index (χ1v) is 11.4. The fraction of sp³-hybridized carbons (Fsp3) is 1.00. The summed E-state index contributed by atoms with van der Waals surface area (Å²) in [7, 11) is 0. The summed E-state index contributed by atoms with van der Waals surface area (Å²) in [5, 5.41) is 0. The first-order valence-electron chi connectivity index (χ1n) is 11.4. The van der Waals surface area contributed by atoms with Crippen molar-refractivity contribution in [1.82, 2.24) is 0 Å². The molecule has 3 rings (SSSR count). The van der Waals surface area contributed by atoms with E-state index in [-0.39, 0.29) is 0 Å². The highest BCUT2D eigenvalue weighted by molar-refractivity contribution is 4.70. The van der Waals surface area contributed by atoms with Crippen molar-refractivity contribution < 1.29 is 0 Å². The number of rotatable bonds is 2. The highest BCUT2D eigenvalue weighted by atomic mass is 14.6. The van der Waals surface area contributed by atoms with Gasteiger partial charge in [-0.2, -0.15) is 0 Å². The molecule has 0 spiro atoms. The van der Waals surface area contributed by atoms with Crippen LogP contribution in [-0.2, 0) is 0 Å². The van der Waals surface area contributed by atoms with Gasteiger partial charge in [0.1, 0.15) is 0 Å². The Morgan fingerprint density at radius 1 is 0.480 bits per heavy atom. The fourth-order valence-corrected chi connectivity index (χ4v) is 4.44. The quantitative estimate of drug-likeness (QED) is 0.628. The highest BCUT2D eigenvalue weighted by Crippen LogP contribution is 2.27. The smallest absolute Gasteiger partial charge is 0.00489 e. The van der Waals surface area contributed by atoms with Crippen LogP contribution in [0.4, 0.5) is 0 Å². The van der Waals surface area contributed by atoms with Gasteiger partial charge in [0.2, 0.25) is 0 Å². The third-order valence-corrected chi connectivity index (χ3v) is 6.83. The molecule has 3 saturated carbocycles. The predicted molar refractivity (Wildman–Crippen MR) is 113 cm³/mol. The largest absolute Gasteiger partial charge is 0.330 e. The van der Waals surface area contributed by atoms with Gasteiger partial charge in [0, 0.05) is 0 Å². The van der Waals surface area contributed by atoms with Gasteiger partial charge in [-0.25, -0.2) is 0 Å². The Kier molecular flexibility index (Phi) is 12.9. The van der Waals surface area contributed by atoms with Crippen LogP contribution in [0.25, 0.3) is 0 Å². The lowest BCUT2D eigenvalue weighted by Gasteiger charge is -2.24. The average Bonchev–Trinajstić information content (AvgIpc) is 2.65. The number of hydrogen-bond donors (Lipinski definition) is 2. The molecule has 150 valence electrons. The average molecular weight is 353 g/mol. The van der Waals surface area contributed by atoms with Gasteiger partial charge in [-0.1, -0.05) is 78.6 Å². The summed E-state index contributed by atoms with van der Waals surface area (Å²) in [6, 6.07) is 0. The van der Waals surface area contributed by atoms with E-state index in [2.05, 4.69) is 20.8 Å². The van der Waals surface area contributed by atoms with Crippen LogP contribution in [0.2, 0.25) is 0 Å². The first-order chi connectivity index (χ1) is 12.0. The summed E-state index contributed by atoms with van der Waals surface area (Å²) in [6.07, 6.45) is 18.5. The fourth-order valence-electron chi connectivity index (χ4n) is 4.44. The summed E-state index contributed by atoms with van der Waals surface area (Å²) < 4.78 is 0. The zero-order valence-corrected chi connectivity index (χ0v) is 17.6. The Labute approximate surface area is 158 Å². The second kappa shape index (κ2) is 14.0. The third-order valence-electron chi connectivity index (χ3n) is 6.83. The number of nitrogens with two attached hydrogens (primary N) is 2. The molecule has 4 N–H and O–H groups in total. The van der Waals surface area contributed by atoms with E-state index < -0.39 is 0 Å². The van der Waals surface area contributed by atoms with Crippen molar-refractivity contribution in [3.05, 3.63) is 0 Å². The van der Waals surface area contributed by atoms with Crippen molar-refractivity contribution in [3.63, 3.8) is 0 Å². The van der Waals surface area contributed by atoms with Crippen LogP contribution in [0.1, 0.15) is 104 Å². The van der Waals surface area contributed by atoms with Crippen LogP contribution in [0.15, 0.2) is 0 Å². The molecule has 0 aromatic heterocycles. The van der Waals surface area contributed by atoms with Crippen LogP contribution in [0.3, 0.4) is 0 Å². The molecule has 2 nitrogen and oxygen atoms in total. The molecule has 0 aliphatic heterocycles. The molecule has 0 atom stereocenters. The Balaban J connectivity index is 0.000000189. The maximum atomic E-state index is 5.55. The predicted octanol–water partition coefficient (Wildman–Crippen LogP) is 6.13. The lowest BCUT2D eigenvalue weighted by molar-refractivity contribution is 0.296. The molecule has 3 fully saturated rings. The zero-order chi connectivity index (χ0) is 18.5. The molecule has 0 heterocycles. The molecule has 25 heavy (non-hydrogen) atoms. The minimum Gasteiger partial charge on any atom is -0.330 e. The van der Waals surface area contributed by atoms with Crippen LogP contribution in [0, 0.1) is 29.6 Å². The highest BCUT2D eigenvalue weighted by Gasteiger charge is 2.16. The van der Waals surface area contributed by atoms with Crippen molar-refractivity contribution in [2.45, 2.75) is 104 Å². The maximum absolute atomic E-state index is 5.55. The summed E-state index contributed by atoms with van der Waals surface area (Å²) in [4.78, 5) is 0. The molecule has 0 aromatic rings. The SMILES string of the molecule is CC1CCC(CN)CC1.CC1CCC(CN)CC1.CC1CCCCC1. The van der Waals surface area contributed by atoms with Gasteiger partial charge in [-0.15, -0.1) is 0 Å². The van der Waals surface area contributed by atoms with E-state index in [1.807, 2.05) is 0 Å². The molecule has 0 saturated heterocycles. The minimum atomic E-state index is 0.848. The van der Waals surface area contributed by atoms with Crippen LogP contribution in [0.5, 0.6) is 0 Å². The van der Waals surface area contributed by atoms with Crippen molar-refractivity contribution in [3.8, 4) is 0 Å². The van der Waals surface area contributed by atoms with Gasteiger partial charge in [0.15, 0.2) is 0 Å². The van der Waals surface area contributed by atoms with E-state index in [0.717, 1.165) is 42.7 Å². The second-order valence-electron chi connectivity index (χ2n) is 9.47. The van der Waals surface area contributed by atoms with Gasteiger partial charge in [-0.3, -0.25) is 0 Å². The normalized spacial score (nSPS) is 33.5. The van der Waals surface area contributed by atoms with Gasteiger partial charge < -0.3 is 11.5 Å². The van der Waals surface area contributed by atoms with Gasteiger partial charge in [-0.05, 0) is 68.4 Å². The van der Waals surface area contributed by atoms with Crippen molar-refractivity contribution in [2.24, 2.45) is 41.1 Å². The third kappa shape index (κ3) is 11.3. The zero-order valence-electron chi connectivity index (χ0n) is 17.6. The van der Waals surface area contributed by atoms with Gasteiger partial charge >= 0.3 is 0 Å². The van der Waals surface area contributed by atoms with E-state index in [9.17, 15) is 0 Å². The van der Waals surface area contributed by atoms with E-state index in [4.69, 9.17) is 11.5 Å². The standard InChI is InChI=1S/2C8H17N.C7H14/c2*1-7-2-4-8(6-9)5-3-7;1-7-5-3-2-4-6-7/h2*7-8H,2-6,9H2,1H3;7H,2-6H2,1H3. The Morgan fingerprint density at radius 2 is 0.800 bits per heavy atom. The molecule has 0 amide bonds. The Morgan fingerprint density at radius 3 is 1.04 bits per heavy atom. The molecular weight excluding hydrogens is 304 g/mol. The first kappa shape index (κ1) is 23.0. The van der Waals surface area contributed by atoms with Crippen molar-refractivity contribution in [1.29, 1.82) is 0 Å². The van der Waals surface area contributed by atoms with Crippen LogP contribution in [-0.4, -0.2) is 13.1 Å². The van der Waals surface area contributed by atoms with Crippen LogP contribution < -0.4 is 11.5 Å². The molecule has 3 aliphatic rings. The molecule has 0 bridgehead atoms. The van der Waals surface area contributed by atoms with Crippen LogP contribution >= 0.6 is 0 Å². The van der Waals surface area contributed by atoms with E-state index in [1.54, 1.807) is 0 Å². The monoisotopic (exact) mass is 352 g/mol. The topological polar surface area (TPSA) is 52.0 Å². The molecule has 0 radical (unpaired) electrons. The van der Waals surface area contributed by atoms with Crippen molar-refractivity contribution in [2.75, 3.05) is 13.1 Å². The lowest BCUT2D eigenvalue weighted by atomic mass is 9.83. The molecular formula is C23H48N2. The minimum absolute atomic E-state index is 0.848. The summed E-state index contributed by atoms with van der Waals surface area (Å²) in [5.41, 5.74) is 11.1. The van der Waals surface area contributed by atoms with E-state index >= 15 is 0 Å². The Hall–Kier alpha value is -0.0800. The second-order valence-corrected chi connectivity index (χ2v) is 9.47. The molecule has 3 aliphatic carbocycles. The van der Waals surface area contributed by atoms with Gasteiger partial charge in [0.05, 0.1) is 0 Å². The van der Waals surface area contributed by atoms with Gasteiger partial charge in [0.25, 0.3) is 0 Å². The van der Waals surface area contributed by atoms with E-state index in [0.29, 0.717) is 0 Å². The Bertz CT molecular complexity index is 260. The van der Waals surface area contributed by atoms with E-state index in [1.165, 1.54) is 83.5 Å². The molecule has 0 unspecified atom stereocenters. The number of hydrogen-bond acceptors (Lipinski definition) is 2. The molecule has 2 heteroatoms.